The van der Waals surface area contributed by atoms with Crippen molar-refractivity contribution in [3.8, 4) is 0 Å². The molecule has 0 bridgehead atoms. The van der Waals surface area contributed by atoms with E-state index in [2.05, 4.69) is 23.5 Å². The molecule has 72 valence electrons. The maximum absolute atomic E-state index is 5.58. The van der Waals surface area contributed by atoms with E-state index in [1.807, 2.05) is 0 Å². The van der Waals surface area contributed by atoms with Crippen molar-refractivity contribution in [1.29, 1.82) is 0 Å². The first-order valence-corrected chi connectivity index (χ1v) is 3.67. The van der Waals surface area contributed by atoms with Gasteiger partial charge in [0, 0.05) is 6.54 Å². The van der Waals surface area contributed by atoms with E-state index in [1.54, 1.807) is 6.08 Å². The lowest BCUT2D eigenvalue weighted by molar-refractivity contribution is 0.865. The van der Waals surface area contributed by atoms with E-state index in [0.717, 1.165) is 6.34 Å². The summed E-state index contributed by atoms with van der Waals surface area (Å²) in [6.45, 7) is 7.54. The molecule has 13 heavy (non-hydrogen) atoms. The van der Waals surface area contributed by atoms with Crippen LogP contribution in [0, 0.1) is 0 Å². The van der Waals surface area contributed by atoms with E-state index in [0.29, 0.717) is 12.4 Å². The van der Waals surface area contributed by atoms with Gasteiger partial charge in [-0.3, -0.25) is 0 Å². The molecule has 0 saturated carbocycles. The van der Waals surface area contributed by atoms with Crippen molar-refractivity contribution in [2.45, 2.75) is 0 Å². The Kier molecular flexibility index (Phi) is 4.87. The van der Waals surface area contributed by atoms with E-state index in [-0.39, 0.29) is 11.4 Å². The summed E-state index contributed by atoms with van der Waals surface area (Å²) in [5, 5.41) is 2.87. The van der Waals surface area contributed by atoms with Crippen LogP contribution in [-0.2, 0) is 0 Å². The predicted octanol–water partition coefficient (Wildman–Crippen LogP) is -0.651. The number of nitrogens with zero attached hydrogens (tertiary/aromatic N) is 1. The van der Waals surface area contributed by atoms with E-state index < -0.39 is 0 Å². The summed E-state index contributed by atoms with van der Waals surface area (Å²) in [6, 6.07) is 0. The van der Waals surface area contributed by atoms with Crippen LogP contribution in [0.4, 0.5) is 0 Å². The summed E-state index contributed by atoms with van der Waals surface area (Å²) in [5.41, 5.74) is 16.6. The van der Waals surface area contributed by atoms with Crippen molar-refractivity contribution in [3.05, 3.63) is 36.4 Å². The molecule has 0 atom stereocenters. The first-order valence-electron chi connectivity index (χ1n) is 3.67. The van der Waals surface area contributed by atoms with Gasteiger partial charge in [-0.25, -0.2) is 4.99 Å². The van der Waals surface area contributed by atoms with Crippen molar-refractivity contribution >= 4 is 6.34 Å². The summed E-state index contributed by atoms with van der Waals surface area (Å²) in [5.74, 6) is 0.398. The van der Waals surface area contributed by atoms with Gasteiger partial charge in [0.25, 0.3) is 0 Å². The van der Waals surface area contributed by atoms with Crippen LogP contribution in [0.15, 0.2) is 41.4 Å². The number of hydrogen-bond donors (Lipinski definition) is 4. The minimum Gasteiger partial charge on any atom is -0.397 e. The van der Waals surface area contributed by atoms with Crippen LogP contribution in [0.5, 0.6) is 0 Å². The van der Waals surface area contributed by atoms with Gasteiger partial charge < -0.3 is 22.5 Å². The van der Waals surface area contributed by atoms with Gasteiger partial charge in [0.2, 0.25) is 0 Å². The van der Waals surface area contributed by atoms with Gasteiger partial charge in [-0.1, -0.05) is 12.7 Å². The molecule has 0 aromatic carbocycles. The van der Waals surface area contributed by atoms with Crippen LogP contribution in [0.25, 0.3) is 0 Å². The van der Waals surface area contributed by atoms with Crippen LogP contribution in [0.2, 0.25) is 0 Å². The van der Waals surface area contributed by atoms with Crippen molar-refractivity contribution < 1.29 is 0 Å². The fourth-order valence-electron chi connectivity index (χ4n) is 0.606. The second kappa shape index (κ2) is 5.70. The Hall–Kier alpha value is -1.91. The molecule has 0 rings (SSSR count). The van der Waals surface area contributed by atoms with Gasteiger partial charge in [-0.15, -0.1) is 6.58 Å². The summed E-state index contributed by atoms with van der Waals surface area (Å²) in [7, 11) is 0. The minimum atomic E-state index is 0.247. The first-order chi connectivity index (χ1) is 6.13. The Balaban J connectivity index is 4.65. The van der Waals surface area contributed by atoms with Gasteiger partial charge in [-0.2, -0.15) is 0 Å². The maximum Gasteiger partial charge on any atom is 0.153 e. The highest BCUT2D eigenvalue weighted by molar-refractivity contribution is 5.54. The summed E-state index contributed by atoms with van der Waals surface area (Å²) < 4.78 is 0. The maximum atomic E-state index is 5.58. The molecular formula is C8H15N5. The second-order valence-electron chi connectivity index (χ2n) is 2.24. The Morgan fingerprint density at radius 2 is 2.08 bits per heavy atom. The summed E-state index contributed by atoms with van der Waals surface area (Å²) in [6.07, 6.45) is 2.79. The zero-order valence-corrected chi connectivity index (χ0v) is 7.46. The van der Waals surface area contributed by atoms with E-state index in [1.165, 1.54) is 0 Å². The first kappa shape index (κ1) is 11.1. The molecule has 0 heterocycles. The number of nitrogens with two attached hydrogens (primary N) is 3. The lowest BCUT2D eigenvalue weighted by atomic mass is 10.3. The number of hydrogen-bond acceptors (Lipinski definition) is 4. The molecule has 7 N–H and O–H groups in total. The van der Waals surface area contributed by atoms with E-state index in [4.69, 9.17) is 17.2 Å². The lowest BCUT2D eigenvalue weighted by Gasteiger charge is -2.07. The quantitative estimate of drug-likeness (QED) is 0.196. The molecule has 5 heteroatoms. The smallest absolute Gasteiger partial charge is 0.153 e. The molecule has 0 aromatic heterocycles. The van der Waals surface area contributed by atoms with E-state index >= 15 is 0 Å². The number of rotatable bonds is 5. The molecule has 0 aliphatic heterocycles. The third kappa shape index (κ3) is 3.85. The summed E-state index contributed by atoms with van der Waals surface area (Å²) in [4.78, 5) is 3.79. The van der Waals surface area contributed by atoms with Crippen LogP contribution in [0.3, 0.4) is 0 Å². The normalized spacial score (nSPS) is 12.3. The zero-order chi connectivity index (χ0) is 10.3. The Morgan fingerprint density at radius 3 is 2.46 bits per heavy atom. The molecule has 0 aromatic rings. The predicted molar refractivity (Wildman–Crippen MR) is 55.4 cm³/mol. The minimum absolute atomic E-state index is 0.247. The standard InChI is InChI=1S/C8H15N5/c1-3-4-12-8(13-5-9)7(11)6(2)10/h3,5,12H,1-2,4,10-11H2,(H2,9,13)/b8-7+. The van der Waals surface area contributed by atoms with Gasteiger partial charge in [-0.05, 0) is 0 Å². The van der Waals surface area contributed by atoms with Crippen LogP contribution in [0.1, 0.15) is 0 Å². The topological polar surface area (TPSA) is 102 Å². The molecule has 0 saturated heterocycles. The third-order valence-corrected chi connectivity index (χ3v) is 1.22. The SMILES string of the molecule is C=CCNC(/N=C\N)=C(\N)C(=C)N. The molecule has 0 unspecified atom stereocenters. The number of nitrogens with one attached hydrogen (secondary N) is 1. The van der Waals surface area contributed by atoms with Crippen LogP contribution in [-0.4, -0.2) is 12.9 Å². The Bertz CT molecular complexity index is 251. The Labute approximate surface area is 77.7 Å². The van der Waals surface area contributed by atoms with Crippen molar-refractivity contribution in [3.63, 3.8) is 0 Å². The molecular weight excluding hydrogens is 166 g/mol. The van der Waals surface area contributed by atoms with Crippen molar-refractivity contribution in [2.75, 3.05) is 6.54 Å². The average molecular weight is 181 g/mol. The molecule has 0 radical (unpaired) electrons. The highest BCUT2D eigenvalue weighted by atomic mass is 15.1. The van der Waals surface area contributed by atoms with Gasteiger partial charge in [0.1, 0.15) is 0 Å². The van der Waals surface area contributed by atoms with E-state index in [9.17, 15) is 0 Å². The fourth-order valence-corrected chi connectivity index (χ4v) is 0.606. The average Bonchev–Trinajstić information content (AvgIpc) is 2.11. The summed E-state index contributed by atoms with van der Waals surface area (Å²) >= 11 is 0. The monoisotopic (exact) mass is 181 g/mol. The number of aliphatic imine (C=N–C) groups is 1. The second-order valence-corrected chi connectivity index (χ2v) is 2.24. The molecule has 0 fully saturated rings. The lowest BCUT2D eigenvalue weighted by Crippen LogP contribution is -2.21. The molecule has 0 spiro atoms. The van der Waals surface area contributed by atoms with Gasteiger partial charge in [0.05, 0.1) is 17.7 Å². The van der Waals surface area contributed by atoms with Crippen molar-refractivity contribution in [2.24, 2.45) is 22.2 Å². The van der Waals surface area contributed by atoms with Crippen LogP contribution < -0.4 is 22.5 Å². The fraction of sp³-hybridized carbons (Fsp3) is 0.125. The highest BCUT2D eigenvalue weighted by Gasteiger charge is 2.00. The highest BCUT2D eigenvalue weighted by Crippen LogP contribution is 2.00. The van der Waals surface area contributed by atoms with Gasteiger partial charge >= 0.3 is 0 Å². The zero-order valence-electron chi connectivity index (χ0n) is 7.46. The largest absolute Gasteiger partial charge is 0.397 e. The molecule has 0 aliphatic rings. The van der Waals surface area contributed by atoms with Crippen molar-refractivity contribution in [1.82, 2.24) is 5.32 Å². The third-order valence-electron chi connectivity index (χ3n) is 1.22. The molecule has 0 aliphatic carbocycles. The van der Waals surface area contributed by atoms with Crippen LogP contribution >= 0.6 is 0 Å². The Morgan fingerprint density at radius 1 is 1.46 bits per heavy atom. The molecule has 0 amide bonds. The van der Waals surface area contributed by atoms with Gasteiger partial charge in [0.15, 0.2) is 5.82 Å². The molecule has 5 nitrogen and oxygen atoms in total.